The van der Waals surface area contributed by atoms with Crippen molar-refractivity contribution < 1.29 is 14.3 Å². The van der Waals surface area contributed by atoms with Gasteiger partial charge in [-0.05, 0) is 31.8 Å². The van der Waals surface area contributed by atoms with Crippen molar-refractivity contribution in [2.75, 3.05) is 33.4 Å². The Hall–Kier alpha value is -1.29. The first kappa shape index (κ1) is 19.0. The summed E-state index contributed by atoms with van der Waals surface area (Å²) in [6, 6.07) is 0. The molecule has 4 heteroatoms. The smallest absolute Gasteiger partial charge is 0.339 e. The van der Waals surface area contributed by atoms with E-state index in [9.17, 15) is 4.79 Å². The molecule has 1 aliphatic carbocycles. The number of nitrogens with zero attached hydrogens (tertiary/aromatic N) is 1. The Labute approximate surface area is 146 Å². The van der Waals surface area contributed by atoms with E-state index < -0.39 is 0 Å². The summed E-state index contributed by atoms with van der Waals surface area (Å²) >= 11 is 0. The Bertz CT molecular complexity index is 436. The highest BCUT2D eigenvalue weighted by Gasteiger charge is 2.21. The minimum atomic E-state index is -0.208. The van der Waals surface area contributed by atoms with Crippen LogP contribution in [0.1, 0.15) is 64.2 Å². The Kier molecular flexibility index (Phi) is 8.96. The number of hydrogen-bond acceptors (Lipinski definition) is 4. The summed E-state index contributed by atoms with van der Waals surface area (Å²) < 4.78 is 10.6. The largest absolute Gasteiger partial charge is 0.465 e. The molecule has 0 atom stereocenters. The molecule has 0 aromatic carbocycles. The highest BCUT2D eigenvalue weighted by atomic mass is 16.5. The van der Waals surface area contributed by atoms with Crippen LogP contribution in [-0.4, -0.2) is 44.3 Å². The number of carbonyl (C=O) groups excluding carboxylic acids is 1. The van der Waals surface area contributed by atoms with Gasteiger partial charge in [0.25, 0.3) is 0 Å². The molecule has 1 fully saturated rings. The molecular weight excluding hydrogens is 302 g/mol. The van der Waals surface area contributed by atoms with Gasteiger partial charge in [0.2, 0.25) is 0 Å². The van der Waals surface area contributed by atoms with Gasteiger partial charge in [-0.1, -0.05) is 44.6 Å². The second kappa shape index (κ2) is 11.3. The van der Waals surface area contributed by atoms with E-state index in [0.29, 0.717) is 0 Å². The van der Waals surface area contributed by atoms with E-state index in [1.165, 1.54) is 52.1 Å². The number of hydrogen-bond donors (Lipinski definition) is 0. The molecule has 0 bridgehead atoms. The fraction of sp³-hybridized carbons (Fsp3) is 0.750. The maximum absolute atomic E-state index is 12.4. The second-order valence-corrected chi connectivity index (χ2v) is 6.72. The zero-order valence-corrected chi connectivity index (χ0v) is 15.2. The van der Waals surface area contributed by atoms with Gasteiger partial charge in [-0.3, -0.25) is 0 Å². The third-order valence-corrected chi connectivity index (χ3v) is 4.93. The molecule has 1 aliphatic heterocycles. The number of esters is 1. The predicted octanol–water partition coefficient (Wildman–Crippen LogP) is 4.22. The van der Waals surface area contributed by atoms with Crippen LogP contribution in [0.3, 0.4) is 0 Å². The lowest BCUT2D eigenvalue weighted by atomic mass is 10.0. The molecular formula is C20H33NO3. The first-order valence-electron chi connectivity index (χ1n) is 9.63. The first-order valence-corrected chi connectivity index (χ1v) is 9.63. The molecule has 136 valence electrons. The molecule has 0 N–H and O–H groups in total. The second-order valence-electron chi connectivity index (χ2n) is 6.72. The lowest BCUT2D eigenvalue weighted by Gasteiger charge is -2.32. The normalized spacial score (nSPS) is 26.5. The van der Waals surface area contributed by atoms with Gasteiger partial charge >= 0.3 is 5.97 Å². The quantitative estimate of drug-likeness (QED) is 0.708. The fourth-order valence-electron chi connectivity index (χ4n) is 3.50. The molecule has 24 heavy (non-hydrogen) atoms. The van der Waals surface area contributed by atoms with Gasteiger partial charge in [-0.25, -0.2) is 4.79 Å². The zero-order valence-electron chi connectivity index (χ0n) is 15.2. The average Bonchev–Trinajstić information content (AvgIpc) is 2.63. The summed E-state index contributed by atoms with van der Waals surface area (Å²) in [6.07, 6.45) is 16.4. The summed E-state index contributed by atoms with van der Waals surface area (Å²) in [7, 11) is 1.48. The molecule has 0 saturated carbocycles. The van der Waals surface area contributed by atoms with Crippen LogP contribution in [0.5, 0.6) is 0 Å². The van der Waals surface area contributed by atoms with Crippen molar-refractivity contribution in [2.24, 2.45) is 0 Å². The van der Waals surface area contributed by atoms with Crippen LogP contribution >= 0.6 is 0 Å². The number of carbonyl (C=O) groups is 1. The molecule has 0 spiro atoms. The Morgan fingerprint density at radius 3 is 2.29 bits per heavy atom. The van der Waals surface area contributed by atoms with E-state index in [-0.39, 0.29) is 5.97 Å². The van der Waals surface area contributed by atoms with Crippen LogP contribution in [0.15, 0.2) is 23.4 Å². The molecule has 0 radical (unpaired) electrons. The molecule has 4 nitrogen and oxygen atoms in total. The molecule has 0 aromatic heterocycles. The van der Waals surface area contributed by atoms with Crippen molar-refractivity contribution in [3.05, 3.63) is 23.4 Å². The van der Waals surface area contributed by atoms with E-state index >= 15 is 0 Å². The van der Waals surface area contributed by atoms with E-state index in [4.69, 9.17) is 9.47 Å². The van der Waals surface area contributed by atoms with Crippen LogP contribution in [0, 0.1) is 0 Å². The highest BCUT2D eigenvalue weighted by molar-refractivity contribution is 5.92. The number of allylic oxidation sites excluding steroid dienone is 2. The van der Waals surface area contributed by atoms with E-state index in [0.717, 1.165) is 56.8 Å². The summed E-state index contributed by atoms with van der Waals surface area (Å²) in [6.45, 7) is 3.21. The lowest BCUT2D eigenvalue weighted by molar-refractivity contribution is -0.135. The van der Waals surface area contributed by atoms with Crippen LogP contribution < -0.4 is 0 Å². The standard InChI is InChI=1S/C20H33NO3/c1-23-20(22)18-12-10-8-6-4-2-3-5-7-9-11-13-19(18)21-14-16-24-17-15-21/h10,12H,2-9,11,13-17H2,1H3/b12-10+,19-18-. The summed E-state index contributed by atoms with van der Waals surface area (Å²) in [4.78, 5) is 14.7. The Morgan fingerprint density at radius 1 is 1.00 bits per heavy atom. The van der Waals surface area contributed by atoms with Crippen LogP contribution in [0.2, 0.25) is 0 Å². The number of methoxy groups -OCH3 is 1. The molecule has 0 unspecified atom stereocenters. The first-order chi connectivity index (χ1) is 11.8. The lowest BCUT2D eigenvalue weighted by Crippen LogP contribution is -2.36. The van der Waals surface area contributed by atoms with Gasteiger partial charge < -0.3 is 14.4 Å². The van der Waals surface area contributed by atoms with Gasteiger partial charge in [0.05, 0.1) is 25.9 Å². The molecule has 2 rings (SSSR count). The molecule has 0 aromatic rings. The number of rotatable bonds is 2. The monoisotopic (exact) mass is 335 g/mol. The molecule has 0 amide bonds. The number of morpholine rings is 1. The van der Waals surface area contributed by atoms with Crippen molar-refractivity contribution in [1.29, 1.82) is 0 Å². The van der Waals surface area contributed by atoms with Gasteiger partial charge in [-0.2, -0.15) is 0 Å². The van der Waals surface area contributed by atoms with Gasteiger partial charge in [0.15, 0.2) is 0 Å². The maximum Gasteiger partial charge on any atom is 0.339 e. The fourth-order valence-corrected chi connectivity index (χ4v) is 3.50. The molecule has 1 saturated heterocycles. The molecule has 1 heterocycles. The highest BCUT2D eigenvalue weighted by Crippen LogP contribution is 2.23. The minimum absolute atomic E-state index is 0.208. The van der Waals surface area contributed by atoms with Crippen molar-refractivity contribution in [3.8, 4) is 0 Å². The SMILES string of the molecule is COC(=O)C1=C(\N2CCOCC2)CCCCCCCCCC\C=C\1. The summed E-state index contributed by atoms with van der Waals surface area (Å²) in [5.74, 6) is -0.208. The van der Waals surface area contributed by atoms with Crippen LogP contribution in [-0.2, 0) is 14.3 Å². The predicted molar refractivity (Wildman–Crippen MR) is 96.7 cm³/mol. The minimum Gasteiger partial charge on any atom is -0.465 e. The summed E-state index contributed by atoms with van der Waals surface area (Å²) in [5.41, 5.74) is 1.90. The number of ether oxygens (including phenoxy) is 2. The molecule has 2 aliphatic rings. The topological polar surface area (TPSA) is 38.8 Å². The maximum atomic E-state index is 12.4. The third-order valence-electron chi connectivity index (χ3n) is 4.93. The van der Waals surface area contributed by atoms with Crippen molar-refractivity contribution in [1.82, 2.24) is 4.90 Å². The Morgan fingerprint density at radius 2 is 1.62 bits per heavy atom. The van der Waals surface area contributed by atoms with Gasteiger partial charge in [0, 0.05) is 18.8 Å². The van der Waals surface area contributed by atoms with Crippen molar-refractivity contribution in [3.63, 3.8) is 0 Å². The van der Waals surface area contributed by atoms with Crippen LogP contribution in [0.4, 0.5) is 0 Å². The van der Waals surface area contributed by atoms with Crippen molar-refractivity contribution >= 4 is 5.97 Å². The summed E-state index contributed by atoms with van der Waals surface area (Å²) in [5, 5.41) is 0. The van der Waals surface area contributed by atoms with E-state index in [1.807, 2.05) is 6.08 Å². The van der Waals surface area contributed by atoms with E-state index in [2.05, 4.69) is 11.0 Å². The zero-order chi connectivity index (χ0) is 17.0. The average molecular weight is 335 g/mol. The van der Waals surface area contributed by atoms with Crippen LogP contribution in [0.25, 0.3) is 0 Å². The van der Waals surface area contributed by atoms with Gasteiger partial charge in [0.1, 0.15) is 0 Å². The van der Waals surface area contributed by atoms with Crippen molar-refractivity contribution in [2.45, 2.75) is 64.2 Å². The third kappa shape index (κ3) is 6.31. The van der Waals surface area contributed by atoms with Gasteiger partial charge in [-0.15, -0.1) is 0 Å². The van der Waals surface area contributed by atoms with E-state index in [1.54, 1.807) is 0 Å². The Balaban J connectivity index is 2.20.